The van der Waals surface area contributed by atoms with Crippen molar-refractivity contribution in [3.63, 3.8) is 0 Å². The average molecular weight is 440 g/mol. The molecule has 0 saturated heterocycles. The van der Waals surface area contributed by atoms with E-state index in [0.29, 0.717) is 42.6 Å². The first-order valence-electron chi connectivity index (χ1n) is 10.2. The molecule has 1 fully saturated rings. The molecule has 9 heteroatoms. The van der Waals surface area contributed by atoms with Gasteiger partial charge < -0.3 is 10.8 Å². The third kappa shape index (κ3) is 4.73. The van der Waals surface area contributed by atoms with Crippen LogP contribution in [0.15, 0.2) is 53.8 Å². The van der Waals surface area contributed by atoms with Crippen molar-refractivity contribution in [2.24, 2.45) is 0 Å². The minimum Gasteiger partial charge on any atom is -0.393 e. The van der Waals surface area contributed by atoms with Gasteiger partial charge in [0.2, 0.25) is 10.0 Å². The van der Waals surface area contributed by atoms with E-state index in [4.69, 9.17) is 5.73 Å². The quantitative estimate of drug-likeness (QED) is 0.557. The molecule has 4 N–H and O–H groups in total. The zero-order valence-electron chi connectivity index (χ0n) is 17.2. The smallest absolute Gasteiger partial charge is 0.240 e. The number of nitrogens with zero attached hydrogens (tertiary/aromatic N) is 3. The Balaban J connectivity index is 1.67. The van der Waals surface area contributed by atoms with Gasteiger partial charge in [-0.25, -0.2) is 23.1 Å². The van der Waals surface area contributed by atoms with Crippen molar-refractivity contribution in [2.75, 3.05) is 5.73 Å². The molecule has 31 heavy (non-hydrogen) atoms. The summed E-state index contributed by atoms with van der Waals surface area (Å²) in [7, 11) is -3.71. The highest BCUT2D eigenvalue weighted by atomic mass is 32.2. The summed E-state index contributed by atoms with van der Waals surface area (Å²) in [5, 5.41) is 9.66. The second-order valence-corrected chi connectivity index (χ2v) is 9.55. The highest BCUT2D eigenvalue weighted by Gasteiger charge is 2.25. The first kappa shape index (κ1) is 21.4. The Morgan fingerprint density at radius 3 is 2.61 bits per heavy atom. The van der Waals surface area contributed by atoms with E-state index in [1.54, 1.807) is 42.9 Å². The van der Waals surface area contributed by atoms with Gasteiger partial charge in [-0.1, -0.05) is 6.07 Å². The molecule has 0 radical (unpaired) electrons. The van der Waals surface area contributed by atoms with Gasteiger partial charge in [0, 0.05) is 29.6 Å². The molecule has 0 atom stereocenters. The molecule has 2 aromatic heterocycles. The van der Waals surface area contributed by atoms with Crippen LogP contribution < -0.4 is 10.5 Å². The number of nitrogens with two attached hydrogens (primary N) is 1. The van der Waals surface area contributed by atoms with Crippen LogP contribution in [0.5, 0.6) is 0 Å². The van der Waals surface area contributed by atoms with Crippen LogP contribution in [-0.4, -0.2) is 40.6 Å². The number of nitrogens with one attached hydrogen (secondary N) is 1. The number of aryl methyl sites for hydroxylation is 1. The molecule has 2 heterocycles. The fraction of sp³-hybridized carbons (Fsp3) is 0.318. The lowest BCUT2D eigenvalue weighted by molar-refractivity contribution is 0.120. The molecule has 4 rings (SSSR count). The summed E-state index contributed by atoms with van der Waals surface area (Å²) in [4.78, 5) is 13.2. The van der Waals surface area contributed by atoms with Crippen molar-refractivity contribution in [1.29, 1.82) is 0 Å². The molecule has 0 spiro atoms. The molecular weight excluding hydrogens is 414 g/mol. The SMILES string of the molecule is Cc1ccc(S(=O)(=O)N[C@H]2CC[C@H](O)CC2)cc1-c1cnc(N)c(-c2cccnc2)n1. The highest BCUT2D eigenvalue weighted by Crippen LogP contribution is 2.29. The number of sulfonamides is 1. The molecule has 0 amide bonds. The van der Waals surface area contributed by atoms with Crippen molar-refractivity contribution >= 4 is 15.8 Å². The number of aliphatic hydroxyl groups is 1. The molecule has 1 aliphatic carbocycles. The number of hydrogen-bond acceptors (Lipinski definition) is 7. The number of benzene rings is 1. The van der Waals surface area contributed by atoms with Gasteiger partial charge in [0.05, 0.1) is 22.9 Å². The Morgan fingerprint density at radius 2 is 1.90 bits per heavy atom. The van der Waals surface area contributed by atoms with Crippen molar-refractivity contribution in [1.82, 2.24) is 19.7 Å². The van der Waals surface area contributed by atoms with E-state index >= 15 is 0 Å². The highest BCUT2D eigenvalue weighted by molar-refractivity contribution is 7.89. The third-order valence-corrected chi connectivity index (χ3v) is 7.07. The number of anilines is 1. The number of pyridine rings is 1. The Hall–Kier alpha value is -2.88. The first-order valence-corrected chi connectivity index (χ1v) is 11.7. The van der Waals surface area contributed by atoms with E-state index in [1.807, 2.05) is 13.0 Å². The van der Waals surface area contributed by atoms with Crippen LogP contribution in [-0.2, 0) is 10.0 Å². The largest absolute Gasteiger partial charge is 0.393 e. The first-order chi connectivity index (χ1) is 14.8. The summed E-state index contributed by atoms with van der Waals surface area (Å²) in [6.07, 6.45) is 6.97. The number of aromatic nitrogens is 3. The molecule has 0 bridgehead atoms. The molecule has 8 nitrogen and oxygen atoms in total. The zero-order valence-corrected chi connectivity index (χ0v) is 18.0. The number of hydrogen-bond donors (Lipinski definition) is 3. The Morgan fingerprint density at radius 1 is 1.13 bits per heavy atom. The molecule has 1 saturated carbocycles. The van der Waals surface area contributed by atoms with Gasteiger partial charge in [-0.3, -0.25) is 4.98 Å². The van der Waals surface area contributed by atoms with E-state index in [2.05, 4.69) is 19.7 Å². The van der Waals surface area contributed by atoms with Crippen molar-refractivity contribution < 1.29 is 13.5 Å². The lowest BCUT2D eigenvalue weighted by Crippen LogP contribution is -2.38. The van der Waals surface area contributed by atoms with Crippen molar-refractivity contribution in [2.45, 2.75) is 49.6 Å². The summed E-state index contributed by atoms with van der Waals surface area (Å²) >= 11 is 0. The Labute approximate surface area is 181 Å². The summed E-state index contributed by atoms with van der Waals surface area (Å²) in [6, 6.07) is 8.42. The Kier molecular flexibility index (Phi) is 5.99. The van der Waals surface area contributed by atoms with Crippen LogP contribution in [0.2, 0.25) is 0 Å². The van der Waals surface area contributed by atoms with E-state index in [0.717, 1.165) is 11.1 Å². The topological polar surface area (TPSA) is 131 Å². The fourth-order valence-electron chi connectivity index (χ4n) is 3.77. The molecule has 0 unspecified atom stereocenters. The predicted molar refractivity (Wildman–Crippen MR) is 118 cm³/mol. The summed E-state index contributed by atoms with van der Waals surface area (Å²) in [5.41, 5.74) is 9.32. The molecule has 1 aromatic carbocycles. The standard InChI is InChI=1S/C22H25N5O3S/c1-14-4-9-18(31(29,30)27-16-5-7-17(28)8-6-16)11-19(14)20-13-25-22(23)21(26-20)15-3-2-10-24-12-15/h2-4,9-13,16-17,27-28H,5-8H2,1H3,(H2,23,25)/t16-,17-. The van der Waals surface area contributed by atoms with Crippen LogP contribution in [0.3, 0.4) is 0 Å². The van der Waals surface area contributed by atoms with E-state index in [9.17, 15) is 13.5 Å². The van der Waals surface area contributed by atoms with Gasteiger partial charge in [-0.15, -0.1) is 0 Å². The Bertz CT molecular complexity index is 1180. The van der Waals surface area contributed by atoms with Gasteiger partial charge in [-0.05, 0) is 62.4 Å². The summed E-state index contributed by atoms with van der Waals surface area (Å²) < 4.78 is 28.7. The molecule has 1 aliphatic rings. The minimum absolute atomic E-state index is 0.167. The van der Waals surface area contributed by atoms with E-state index in [-0.39, 0.29) is 22.9 Å². The molecule has 3 aromatic rings. The lowest BCUT2D eigenvalue weighted by Gasteiger charge is -2.26. The van der Waals surface area contributed by atoms with E-state index in [1.165, 1.54) is 0 Å². The van der Waals surface area contributed by atoms with Gasteiger partial charge in [0.15, 0.2) is 0 Å². The monoisotopic (exact) mass is 439 g/mol. The summed E-state index contributed by atoms with van der Waals surface area (Å²) in [6.45, 7) is 1.89. The minimum atomic E-state index is -3.71. The van der Waals surface area contributed by atoms with Crippen molar-refractivity contribution in [3.8, 4) is 22.5 Å². The van der Waals surface area contributed by atoms with Crippen LogP contribution in [0.1, 0.15) is 31.2 Å². The lowest BCUT2D eigenvalue weighted by atomic mass is 9.94. The van der Waals surface area contributed by atoms with Crippen LogP contribution in [0.4, 0.5) is 5.82 Å². The van der Waals surface area contributed by atoms with Gasteiger partial charge >= 0.3 is 0 Å². The van der Waals surface area contributed by atoms with Crippen LogP contribution in [0, 0.1) is 6.92 Å². The maximum Gasteiger partial charge on any atom is 0.240 e. The van der Waals surface area contributed by atoms with E-state index < -0.39 is 10.0 Å². The second kappa shape index (κ2) is 8.70. The summed E-state index contributed by atoms with van der Waals surface area (Å²) in [5.74, 6) is 0.277. The maximum absolute atomic E-state index is 13.0. The van der Waals surface area contributed by atoms with Gasteiger partial charge in [0.1, 0.15) is 11.5 Å². The molecule has 0 aliphatic heterocycles. The average Bonchev–Trinajstić information content (AvgIpc) is 2.76. The second-order valence-electron chi connectivity index (χ2n) is 7.83. The van der Waals surface area contributed by atoms with Crippen LogP contribution in [0.25, 0.3) is 22.5 Å². The third-order valence-electron chi connectivity index (χ3n) is 5.55. The number of rotatable bonds is 5. The van der Waals surface area contributed by atoms with Gasteiger partial charge in [0.25, 0.3) is 0 Å². The zero-order chi connectivity index (χ0) is 22.0. The molecular formula is C22H25N5O3S. The molecule has 162 valence electrons. The number of aliphatic hydroxyl groups excluding tert-OH is 1. The van der Waals surface area contributed by atoms with Gasteiger partial charge in [-0.2, -0.15) is 0 Å². The van der Waals surface area contributed by atoms with Crippen molar-refractivity contribution in [3.05, 3.63) is 54.5 Å². The fourth-order valence-corrected chi connectivity index (χ4v) is 5.10. The number of nitrogen functional groups attached to an aromatic ring is 1. The van der Waals surface area contributed by atoms with Crippen LogP contribution >= 0.6 is 0 Å². The normalized spacial score (nSPS) is 19.3. The maximum atomic E-state index is 13.0. The predicted octanol–water partition coefficient (Wildman–Crippen LogP) is 2.68.